The molecule has 1 rings (SSSR count). The molecule has 0 unspecified atom stereocenters. The summed E-state index contributed by atoms with van der Waals surface area (Å²) in [6.07, 6.45) is 0. The predicted molar refractivity (Wildman–Crippen MR) is 59.1 cm³/mol. The minimum Gasteiger partial charge on any atom is -0.474 e. The SMILES string of the molecule is CC(Cl)(Cl)C(=N)OCc1ccccc1. The molecule has 0 aliphatic heterocycles. The van der Waals surface area contributed by atoms with Crippen LogP contribution in [0.15, 0.2) is 30.3 Å². The van der Waals surface area contributed by atoms with E-state index in [-0.39, 0.29) is 5.90 Å². The Balaban J connectivity index is 2.46. The van der Waals surface area contributed by atoms with Gasteiger partial charge in [-0.1, -0.05) is 53.5 Å². The number of alkyl halides is 2. The minimum atomic E-state index is -1.26. The summed E-state index contributed by atoms with van der Waals surface area (Å²) in [5.41, 5.74) is 0.981. The Kier molecular flexibility index (Phi) is 3.78. The van der Waals surface area contributed by atoms with Gasteiger partial charge in [-0.05, 0) is 12.5 Å². The van der Waals surface area contributed by atoms with Gasteiger partial charge in [0.15, 0.2) is 4.33 Å². The molecule has 14 heavy (non-hydrogen) atoms. The third-order valence-corrected chi connectivity index (χ3v) is 1.97. The Labute approximate surface area is 93.3 Å². The van der Waals surface area contributed by atoms with Crippen molar-refractivity contribution in [1.82, 2.24) is 0 Å². The first-order valence-electron chi connectivity index (χ1n) is 4.14. The highest BCUT2D eigenvalue weighted by atomic mass is 35.5. The van der Waals surface area contributed by atoms with Crippen LogP contribution in [0, 0.1) is 5.41 Å². The van der Waals surface area contributed by atoms with Crippen LogP contribution >= 0.6 is 23.2 Å². The Hall–Kier alpha value is -0.730. The van der Waals surface area contributed by atoms with Crippen molar-refractivity contribution in [2.45, 2.75) is 17.9 Å². The van der Waals surface area contributed by atoms with E-state index in [1.54, 1.807) is 0 Å². The normalized spacial score (nSPS) is 11.1. The van der Waals surface area contributed by atoms with Crippen LogP contribution in [0.25, 0.3) is 0 Å². The van der Waals surface area contributed by atoms with Crippen LogP contribution in [0.5, 0.6) is 0 Å². The van der Waals surface area contributed by atoms with Crippen molar-refractivity contribution >= 4 is 29.1 Å². The van der Waals surface area contributed by atoms with E-state index < -0.39 is 4.33 Å². The number of ether oxygens (including phenoxy) is 1. The summed E-state index contributed by atoms with van der Waals surface area (Å²) in [4.78, 5) is 0. The maximum absolute atomic E-state index is 7.40. The van der Waals surface area contributed by atoms with E-state index in [1.807, 2.05) is 30.3 Å². The zero-order chi connectivity index (χ0) is 10.6. The molecule has 76 valence electrons. The monoisotopic (exact) mass is 231 g/mol. The van der Waals surface area contributed by atoms with Crippen LogP contribution in [0.4, 0.5) is 0 Å². The standard InChI is InChI=1S/C10H11Cl2NO/c1-10(11,12)9(13)14-7-8-5-3-2-4-6-8/h2-6,13H,7H2,1H3. The maximum atomic E-state index is 7.40. The summed E-state index contributed by atoms with van der Waals surface area (Å²) in [6.45, 7) is 1.82. The van der Waals surface area contributed by atoms with Crippen molar-refractivity contribution in [3.8, 4) is 0 Å². The smallest absolute Gasteiger partial charge is 0.217 e. The Bertz CT molecular complexity index is 306. The van der Waals surface area contributed by atoms with Gasteiger partial charge >= 0.3 is 0 Å². The molecule has 0 saturated heterocycles. The van der Waals surface area contributed by atoms with E-state index in [0.29, 0.717) is 6.61 Å². The lowest BCUT2D eigenvalue weighted by molar-refractivity contribution is 0.279. The second-order valence-electron chi connectivity index (χ2n) is 2.99. The van der Waals surface area contributed by atoms with Crippen LogP contribution in [0.1, 0.15) is 12.5 Å². The van der Waals surface area contributed by atoms with Crippen LogP contribution in [-0.2, 0) is 11.3 Å². The number of hydrogen-bond acceptors (Lipinski definition) is 2. The Morgan fingerprint density at radius 2 is 1.93 bits per heavy atom. The fourth-order valence-corrected chi connectivity index (χ4v) is 0.966. The highest BCUT2D eigenvalue weighted by Gasteiger charge is 2.24. The van der Waals surface area contributed by atoms with Gasteiger partial charge in [-0.15, -0.1) is 0 Å². The predicted octanol–water partition coefficient (Wildman–Crippen LogP) is 3.37. The molecular formula is C10H11Cl2NO. The molecule has 4 heteroatoms. The zero-order valence-corrected chi connectivity index (χ0v) is 9.27. The summed E-state index contributed by atoms with van der Waals surface area (Å²) in [5.74, 6) is -0.135. The molecule has 0 radical (unpaired) electrons. The molecule has 0 aliphatic carbocycles. The largest absolute Gasteiger partial charge is 0.474 e. The van der Waals surface area contributed by atoms with Gasteiger partial charge in [-0.25, -0.2) is 0 Å². The highest BCUT2D eigenvalue weighted by molar-refractivity contribution is 6.57. The van der Waals surface area contributed by atoms with Crippen molar-refractivity contribution in [2.24, 2.45) is 0 Å². The van der Waals surface area contributed by atoms with Gasteiger partial charge in [0.25, 0.3) is 0 Å². The number of nitrogens with one attached hydrogen (secondary N) is 1. The van der Waals surface area contributed by atoms with Crippen LogP contribution in [0.2, 0.25) is 0 Å². The van der Waals surface area contributed by atoms with E-state index >= 15 is 0 Å². The van der Waals surface area contributed by atoms with E-state index in [9.17, 15) is 0 Å². The number of hydrogen-bond donors (Lipinski definition) is 1. The first-order valence-corrected chi connectivity index (χ1v) is 4.89. The molecule has 0 heterocycles. The van der Waals surface area contributed by atoms with Gasteiger partial charge in [-0.2, -0.15) is 0 Å². The number of benzene rings is 1. The lowest BCUT2D eigenvalue weighted by atomic mass is 10.2. The summed E-state index contributed by atoms with van der Waals surface area (Å²) in [5, 5.41) is 7.40. The minimum absolute atomic E-state index is 0.135. The second kappa shape index (κ2) is 4.67. The number of halogens is 2. The van der Waals surface area contributed by atoms with Gasteiger partial charge in [-0.3, -0.25) is 5.41 Å². The fraction of sp³-hybridized carbons (Fsp3) is 0.300. The van der Waals surface area contributed by atoms with E-state index in [4.69, 9.17) is 33.3 Å². The zero-order valence-electron chi connectivity index (χ0n) is 7.76. The molecule has 0 bridgehead atoms. The molecule has 0 aliphatic rings. The van der Waals surface area contributed by atoms with E-state index in [2.05, 4.69) is 0 Å². The molecule has 0 aromatic heterocycles. The fourth-order valence-electron chi connectivity index (χ4n) is 0.856. The molecule has 1 aromatic rings. The molecule has 0 spiro atoms. The average Bonchev–Trinajstić information content (AvgIpc) is 2.14. The van der Waals surface area contributed by atoms with Crippen molar-refractivity contribution in [2.75, 3.05) is 0 Å². The van der Waals surface area contributed by atoms with E-state index in [1.165, 1.54) is 6.92 Å². The first-order chi connectivity index (χ1) is 6.50. The van der Waals surface area contributed by atoms with Crippen molar-refractivity contribution < 1.29 is 4.74 Å². The van der Waals surface area contributed by atoms with Crippen molar-refractivity contribution in [1.29, 1.82) is 5.41 Å². The molecule has 0 fully saturated rings. The molecule has 1 aromatic carbocycles. The van der Waals surface area contributed by atoms with Crippen LogP contribution in [0.3, 0.4) is 0 Å². The quantitative estimate of drug-likeness (QED) is 0.483. The topological polar surface area (TPSA) is 33.1 Å². The molecule has 0 atom stereocenters. The van der Waals surface area contributed by atoms with Gasteiger partial charge in [0, 0.05) is 0 Å². The van der Waals surface area contributed by atoms with Gasteiger partial charge in [0.2, 0.25) is 5.90 Å². The van der Waals surface area contributed by atoms with Crippen molar-refractivity contribution in [3.05, 3.63) is 35.9 Å². The third kappa shape index (κ3) is 3.56. The first kappa shape index (κ1) is 11.3. The lowest BCUT2D eigenvalue weighted by Gasteiger charge is -2.15. The number of rotatable bonds is 3. The van der Waals surface area contributed by atoms with E-state index in [0.717, 1.165) is 5.56 Å². The summed E-state index contributed by atoms with van der Waals surface area (Å²) >= 11 is 11.3. The maximum Gasteiger partial charge on any atom is 0.217 e. The van der Waals surface area contributed by atoms with Crippen LogP contribution in [-0.4, -0.2) is 10.2 Å². The van der Waals surface area contributed by atoms with Gasteiger partial charge in [0.1, 0.15) is 6.61 Å². The third-order valence-electron chi connectivity index (χ3n) is 1.62. The summed E-state index contributed by atoms with van der Waals surface area (Å²) < 4.78 is 3.86. The average molecular weight is 232 g/mol. The molecular weight excluding hydrogens is 221 g/mol. The molecule has 0 amide bonds. The summed E-state index contributed by atoms with van der Waals surface area (Å²) in [6, 6.07) is 9.55. The Morgan fingerprint density at radius 1 is 1.36 bits per heavy atom. The van der Waals surface area contributed by atoms with Gasteiger partial charge in [0.05, 0.1) is 0 Å². The molecule has 1 N–H and O–H groups in total. The van der Waals surface area contributed by atoms with Gasteiger partial charge < -0.3 is 4.74 Å². The lowest BCUT2D eigenvalue weighted by Crippen LogP contribution is -2.23. The Morgan fingerprint density at radius 3 is 2.43 bits per heavy atom. The highest BCUT2D eigenvalue weighted by Crippen LogP contribution is 2.22. The second-order valence-corrected chi connectivity index (χ2v) is 4.70. The summed E-state index contributed by atoms with van der Waals surface area (Å²) in [7, 11) is 0. The molecule has 2 nitrogen and oxygen atoms in total. The van der Waals surface area contributed by atoms with Crippen molar-refractivity contribution in [3.63, 3.8) is 0 Å². The van der Waals surface area contributed by atoms with Crippen LogP contribution < -0.4 is 0 Å². The molecule has 0 saturated carbocycles.